The highest BCUT2D eigenvalue weighted by Gasteiger charge is 2.10. The standard InChI is InChI=1S/C18H17N3O2S/c1-12-13(2)24-16(20-12)10-19-18(23)14-8-9-17(22)21(11-14)15-6-4-3-5-7-15/h3-9,11H,10H2,1-2H3,(H,19,23). The number of carbonyl (C=O) groups is 1. The van der Waals surface area contributed by atoms with Gasteiger partial charge in [0.05, 0.1) is 17.8 Å². The van der Waals surface area contributed by atoms with Gasteiger partial charge < -0.3 is 5.32 Å². The van der Waals surface area contributed by atoms with Gasteiger partial charge >= 0.3 is 0 Å². The SMILES string of the molecule is Cc1nc(CNC(=O)c2ccc(=O)n(-c3ccccc3)c2)sc1C. The molecule has 0 aliphatic carbocycles. The van der Waals surface area contributed by atoms with Crippen LogP contribution in [-0.4, -0.2) is 15.5 Å². The number of hydrogen-bond acceptors (Lipinski definition) is 4. The van der Waals surface area contributed by atoms with Crippen molar-refractivity contribution in [3.05, 3.63) is 80.2 Å². The van der Waals surface area contributed by atoms with Crippen LogP contribution >= 0.6 is 11.3 Å². The van der Waals surface area contributed by atoms with E-state index in [9.17, 15) is 9.59 Å². The van der Waals surface area contributed by atoms with Crippen LogP contribution in [0.5, 0.6) is 0 Å². The van der Waals surface area contributed by atoms with Gasteiger partial charge in [-0.15, -0.1) is 11.3 Å². The quantitative estimate of drug-likeness (QED) is 0.795. The van der Waals surface area contributed by atoms with E-state index < -0.39 is 0 Å². The summed E-state index contributed by atoms with van der Waals surface area (Å²) in [5.74, 6) is -0.231. The molecule has 3 aromatic rings. The predicted octanol–water partition coefficient (Wildman–Crippen LogP) is 2.84. The Morgan fingerprint density at radius 2 is 1.92 bits per heavy atom. The van der Waals surface area contributed by atoms with Gasteiger partial charge in [-0.25, -0.2) is 4.98 Å². The topological polar surface area (TPSA) is 64.0 Å². The lowest BCUT2D eigenvalue weighted by molar-refractivity contribution is 0.0950. The van der Waals surface area contributed by atoms with Crippen LogP contribution in [0, 0.1) is 13.8 Å². The van der Waals surface area contributed by atoms with Gasteiger partial charge in [0.2, 0.25) is 0 Å². The van der Waals surface area contributed by atoms with Crippen LogP contribution in [0.2, 0.25) is 0 Å². The summed E-state index contributed by atoms with van der Waals surface area (Å²) in [7, 11) is 0. The van der Waals surface area contributed by atoms with Gasteiger partial charge in [-0.3, -0.25) is 14.2 Å². The molecule has 6 heteroatoms. The smallest absolute Gasteiger partial charge is 0.255 e. The molecule has 0 aliphatic rings. The Labute approximate surface area is 143 Å². The molecule has 24 heavy (non-hydrogen) atoms. The minimum absolute atomic E-state index is 0.177. The number of nitrogens with one attached hydrogen (secondary N) is 1. The van der Waals surface area contributed by atoms with Crippen LogP contribution in [0.15, 0.2) is 53.5 Å². The summed E-state index contributed by atoms with van der Waals surface area (Å²) in [6.45, 7) is 4.34. The van der Waals surface area contributed by atoms with Crippen LogP contribution in [-0.2, 0) is 6.54 Å². The second kappa shape index (κ2) is 6.80. The number of pyridine rings is 1. The van der Waals surface area contributed by atoms with Crippen LogP contribution < -0.4 is 10.9 Å². The van der Waals surface area contributed by atoms with Gasteiger partial charge in [0.1, 0.15) is 5.01 Å². The maximum absolute atomic E-state index is 12.4. The molecule has 1 aromatic carbocycles. The van der Waals surface area contributed by atoms with E-state index in [1.807, 2.05) is 44.2 Å². The van der Waals surface area contributed by atoms with Crippen LogP contribution in [0.25, 0.3) is 5.69 Å². The number of hydrogen-bond donors (Lipinski definition) is 1. The lowest BCUT2D eigenvalue weighted by Gasteiger charge is -2.08. The molecule has 122 valence electrons. The fourth-order valence-electron chi connectivity index (χ4n) is 2.28. The zero-order chi connectivity index (χ0) is 17.1. The molecule has 0 atom stereocenters. The molecule has 0 fully saturated rings. The molecule has 0 saturated carbocycles. The molecular formula is C18H17N3O2S. The van der Waals surface area contributed by atoms with E-state index >= 15 is 0 Å². The van der Waals surface area contributed by atoms with Crippen LogP contribution in [0.1, 0.15) is 25.9 Å². The zero-order valence-corrected chi connectivity index (χ0v) is 14.3. The Hall–Kier alpha value is -2.73. The molecule has 0 aliphatic heterocycles. The first kappa shape index (κ1) is 16.1. The normalized spacial score (nSPS) is 10.6. The molecule has 3 rings (SSSR count). The Morgan fingerprint density at radius 3 is 2.58 bits per heavy atom. The van der Waals surface area contributed by atoms with Gasteiger partial charge in [-0.05, 0) is 32.0 Å². The van der Waals surface area contributed by atoms with Gasteiger partial charge in [0.15, 0.2) is 0 Å². The van der Waals surface area contributed by atoms with Crippen molar-refractivity contribution in [1.82, 2.24) is 14.9 Å². The number of nitrogens with zero attached hydrogens (tertiary/aromatic N) is 2. The van der Waals surface area contributed by atoms with Crippen molar-refractivity contribution in [3.8, 4) is 5.69 Å². The zero-order valence-electron chi connectivity index (χ0n) is 13.4. The molecule has 2 heterocycles. The average Bonchev–Trinajstić information content (AvgIpc) is 2.92. The summed E-state index contributed by atoms with van der Waals surface area (Å²) in [6, 6.07) is 12.2. The average molecular weight is 339 g/mol. The molecule has 1 N–H and O–H groups in total. The predicted molar refractivity (Wildman–Crippen MR) is 94.8 cm³/mol. The van der Waals surface area contributed by atoms with Gasteiger partial charge in [0.25, 0.3) is 11.5 Å². The van der Waals surface area contributed by atoms with Gasteiger partial charge in [-0.2, -0.15) is 0 Å². The second-order valence-corrected chi connectivity index (χ2v) is 6.68. The number of benzene rings is 1. The highest BCUT2D eigenvalue weighted by atomic mass is 32.1. The molecule has 0 bridgehead atoms. The van der Waals surface area contributed by atoms with Gasteiger partial charge in [0, 0.05) is 22.8 Å². The van der Waals surface area contributed by atoms with E-state index in [4.69, 9.17) is 0 Å². The maximum Gasteiger partial charge on any atom is 0.255 e. The molecular weight excluding hydrogens is 322 g/mol. The molecule has 1 amide bonds. The molecule has 0 unspecified atom stereocenters. The van der Waals surface area contributed by atoms with E-state index in [2.05, 4.69) is 10.3 Å². The highest BCUT2D eigenvalue weighted by molar-refractivity contribution is 7.11. The molecule has 5 nitrogen and oxygen atoms in total. The molecule has 0 radical (unpaired) electrons. The molecule has 2 aromatic heterocycles. The van der Waals surface area contributed by atoms with Crippen molar-refractivity contribution in [2.24, 2.45) is 0 Å². The van der Waals surface area contributed by atoms with Crippen molar-refractivity contribution in [2.45, 2.75) is 20.4 Å². The van der Waals surface area contributed by atoms with Crippen molar-refractivity contribution in [3.63, 3.8) is 0 Å². The Balaban J connectivity index is 1.79. The Bertz CT molecular complexity index is 909. The van der Waals surface area contributed by atoms with Crippen LogP contribution in [0.3, 0.4) is 0 Å². The summed E-state index contributed by atoms with van der Waals surface area (Å²) in [6.07, 6.45) is 1.56. The fraction of sp³-hybridized carbons (Fsp3) is 0.167. The minimum atomic E-state index is -0.231. The van der Waals surface area contributed by atoms with E-state index in [0.717, 1.165) is 21.3 Å². The summed E-state index contributed by atoms with van der Waals surface area (Å²) in [4.78, 5) is 29.9. The molecule has 0 spiro atoms. The fourth-order valence-corrected chi connectivity index (χ4v) is 3.16. The van der Waals surface area contributed by atoms with Crippen molar-refractivity contribution in [1.29, 1.82) is 0 Å². The Kier molecular flexibility index (Phi) is 4.57. The lowest BCUT2D eigenvalue weighted by atomic mass is 10.2. The summed E-state index contributed by atoms with van der Waals surface area (Å²) >= 11 is 1.57. The van der Waals surface area contributed by atoms with Crippen molar-refractivity contribution < 1.29 is 4.79 Å². The minimum Gasteiger partial charge on any atom is -0.345 e. The monoisotopic (exact) mass is 339 g/mol. The van der Waals surface area contributed by atoms with E-state index in [-0.39, 0.29) is 11.5 Å². The number of thiazole rings is 1. The number of rotatable bonds is 4. The lowest BCUT2D eigenvalue weighted by Crippen LogP contribution is -2.25. The first-order chi connectivity index (χ1) is 11.5. The highest BCUT2D eigenvalue weighted by Crippen LogP contribution is 2.16. The first-order valence-corrected chi connectivity index (χ1v) is 8.35. The van der Waals surface area contributed by atoms with E-state index in [0.29, 0.717) is 12.1 Å². The first-order valence-electron chi connectivity index (χ1n) is 7.54. The third-order valence-corrected chi connectivity index (χ3v) is 4.75. The third kappa shape index (κ3) is 3.44. The van der Waals surface area contributed by atoms with E-state index in [1.54, 1.807) is 17.5 Å². The number of carbonyl (C=O) groups excluding carboxylic acids is 1. The summed E-state index contributed by atoms with van der Waals surface area (Å²) < 4.78 is 1.46. The number of para-hydroxylation sites is 1. The number of aromatic nitrogens is 2. The van der Waals surface area contributed by atoms with Crippen LogP contribution in [0.4, 0.5) is 0 Å². The number of aryl methyl sites for hydroxylation is 2. The van der Waals surface area contributed by atoms with Gasteiger partial charge in [-0.1, -0.05) is 18.2 Å². The second-order valence-electron chi connectivity index (χ2n) is 5.39. The molecule has 0 saturated heterocycles. The summed E-state index contributed by atoms with van der Waals surface area (Å²) in [5.41, 5.74) is 1.97. The third-order valence-electron chi connectivity index (χ3n) is 3.68. The van der Waals surface area contributed by atoms with Crippen molar-refractivity contribution in [2.75, 3.05) is 0 Å². The Morgan fingerprint density at radius 1 is 1.17 bits per heavy atom. The number of amides is 1. The van der Waals surface area contributed by atoms with E-state index in [1.165, 1.54) is 16.7 Å². The van der Waals surface area contributed by atoms with Crippen molar-refractivity contribution >= 4 is 17.2 Å². The summed E-state index contributed by atoms with van der Waals surface area (Å²) in [5, 5.41) is 3.72. The largest absolute Gasteiger partial charge is 0.345 e. The maximum atomic E-state index is 12.4.